The molecule has 0 aliphatic carbocycles. The molecule has 0 bridgehead atoms. The van der Waals surface area contributed by atoms with Gasteiger partial charge in [0, 0.05) is 6.61 Å². The normalized spacial score (nSPS) is 18.5. The summed E-state index contributed by atoms with van der Waals surface area (Å²) in [5.74, 6) is -1.88. The second kappa shape index (κ2) is 7.52. The number of rotatable bonds is 5. The molecule has 0 aromatic heterocycles. The van der Waals surface area contributed by atoms with Crippen LogP contribution in [0.5, 0.6) is 0 Å². The number of esters is 1. The summed E-state index contributed by atoms with van der Waals surface area (Å²) in [6.07, 6.45) is 1.58. The Kier molecular flexibility index (Phi) is 4.92. The molecule has 144 valence electrons. The summed E-state index contributed by atoms with van der Waals surface area (Å²) in [6.45, 7) is 0.756. The van der Waals surface area contributed by atoms with E-state index in [0.29, 0.717) is 12.2 Å². The van der Waals surface area contributed by atoms with E-state index in [1.807, 2.05) is 0 Å². The van der Waals surface area contributed by atoms with Crippen LogP contribution in [0.2, 0.25) is 0 Å². The van der Waals surface area contributed by atoms with Crippen LogP contribution < -0.4 is 0 Å². The van der Waals surface area contributed by atoms with E-state index in [0.717, 1.165) is 12.8 Å². The number of carbonyl (C=O) groups excluding carboxylic acids is 3. The zero-order valence-corrected chi connectivity index (χ0v) is 15.0. The quantitative estimate of drug-likeness (QED) is 0.586. The minimum absolute atomic E-state index is 0.0916. The maximum atomic E-state index is 13.2. The number of imide groups is 1. The largest absolute Gasteiger partial charge is 0.457 e. The van der Waals surface area contributed by atoms with Gasteiger partial charge in [-0.3, -0.25) is 14.5 Å². The predicted molar refractivity (Wildman–Crippen MR) is 96.3 cm³/mol. The van der Waals surface area contributed by atoms with Crippen LogP contribution in [0.4, 0.5) is 4.39 Å². The Morgan fingerprint density at radius 1 is 1.14 bits per heavy atom. The fourth-order valence-corrected chi connectivity index (χ4v) is 3.43. The van der Waals surface area contributed by atoms with Crippen molar-refractivity contribution >= 4 is 17.8 Å². The number of amides is 2. The first-order valence-electron chi connectivity index (χ1n) is 9.06. The van der Waals surface area contributed by atoms with E-state index in [2.05, 4.69) is 0 Å². The third-order valence-electron chi connectivity index (χ3n) is 4.88. The van der Waals surface area contributed by atoms with Crippen molar-refractivity contribution in [2.75, 3.05) is 13.2 Å². The van der Waals surface area contributed by atoms with E-state index in [1.54, 1.807) is 6.07 Å². The summed E-state index contributed by atoms with van der Waals surface area (Å²) in [5.41, 5.74) is 1.13. The first kappa shape index (κ1) is 18.3. The third kappa shape index (κ3) is 3.53. The van der Waals surface area contributed by atoms with E-state index in [1.165, 1.54) is 41.3 Å². The molecule has 1 saturated heterocycles. The number of halogens is 1. The molecule has 2 aromatic rings. The van der Waals surface area contributed by atoms with Gasteiger partial charge in [-0.2, -0.15) is 0 Å². The van der Waals surface area contributed by atoms with E-state index in [9.17, 15) is 18.8 Å². The molecular weight excluding hydrogens is 365 g/mol. The summed E-state index contributed by atoms with van der Waals surface area (Å²) in [5, 5.41) is 0. The van der Waals surface area contributed by atoms with Gasteiger partial charge in [-0.05, 0) is 48.7 Å². The predicted octanol–water partition coefficient (Wildman–Crippen LogP) is 2.96. The molecule has 4 rings (SSSR count). The lowest BCUT2D eigenvalue weighted by Gasteiger charge is -2.17. The van der Waals surface area contributed by atoms with Gasteiger partial charge in [-0.25, -0.2) is 9.18 Å². The fourth-order valence-electron chi connectivity index (χ4n) is 3.43. The highest BCUT2D eigenvalue weighted by Crippen LogP contribution is 2.26. The summed E-state index contributed by atoms with van der Waals surface area (Å²) in [6, 6.07) is 10.0. The number of fused-ring (bicyclic) bond motifs is 1. The van der Waals surface area contributed by atoms with Crippen LogP contribution in [0.1, 0.15) is 49.5 Å². The molecule has 1 atom stereocenters. The van der Waals surface area contributed by atoms with Gasteiger partial charge in [-0.15, -0.1) is 0 Å². The van der Waals surface area contributed by atoms with E-state index < -0.39 is 17.7 Å². The van der Waals surface area contributed by atoms with Crippen LogP contribution in [-0.2, 0) is 16.1 Å². The minimum Gasteiger partial charge on any atom is -0.457 e. The maximum Gasteiger partial charge on any atom is 0.338 e. The smallest absolute Gasteiger partial charge is 0.338 e. The molecule has 2 amide bonds. The van der Waals surface area contributed by atoms with Crippen LogP contribution in [0.25, 0.3) is 0 Å². The van der Waals surface area contributed by atoms with Gasteiger partial charge in [-0.1, -0.05) is 12.1 Å². The number of benzene rings is 2. The lowest BCUT2D eigenvalue weighted by molar-refractivity contribution is 0.0469. The molecule has 0 saturated carbocycles. The molecule has 2 aliphatic heterocycles. The van der Waals surface area contributed by atoms with Crippen LogP contribution in [0.3, 0.4) is 0 Å². The fraction of sp³-hybridized carbons (Fsp3) is 0.286. The van der Waals surface area contributed by atoms with E-state index in [4.69, 9.17) is 9.47 Å². The van der Waals surface area contributed by atoms with Crippen molar-refractivity contribution in [3.05, 3.63) is 70.5 Å². The van der Waals surface area contributed by atoms with E-state index in [-0.39, 0.29) is 41.9 Å². The van der Waals surface area contributed by atoms with Gasteiger partial charge in [0.25, 0.3) is 11.8 Å². The average molecular weight is 383 g/mol. The Hall–Kier alpha value is -3.06. The Bertz CT molecular complexity index is 952. The highest BCUT2D eigenvalue weighted by Gasteiger charge is 2.38. The van der Waals surface area contributed by atoms with Gasteiger partial charge >= 0.3 is 5.97 Å². The second-order valence-electron chi connectivity index (χ2n) is 6.82. The van der Waals surface area contributed by atoms with Crippen molar-refractivity contribution in [3.63, 3.8) is 0 Å². The summed E-state index contributed by atoms with van der Waals surface area (Å²) in [4.78, 5) is 38.6. The molecule has 28 heavy (non-hydrogen) atoms. The highest BCUT2D eigenvalue weighted by atomic mass is 19.1. The zero-order valence-electron chi connectivity index (χ0n) is 15.0. The molecule has 2 aliphatic rings. The molecule has 1 unspecified atom stereocenters. The van der Waals surface area contributed by atoms with Crippen molar-refractivity contribution < 1.29 is 28.2 Å². The summed E-state index contributed by atoms with van der Waals surface area (Å²) < 4.78 is 23.9. The van der Waals surface area contributed by atoms with Gasteiger partial charge in [0.2, 0.25) is 0 Å². The van der Waals surface area contributed by atoms with Crippen molar-refractivity contribution in [2.24, 2.45) is 0 Å². The number of nitrogens with zero attached hydrogens (tertiary/aromatic N) is 1. The van der Waals surface area contributed by atoms with Crippen LogP contribution in [0, 0.1) is 5.82 Å². The monoisotopic (exact) mass is 383 g/mol. The standard InChI is InChI=1S/C21H18FNO5/c22-15-4-1-3-13(9-15)12-28-21(26)14-6-7-17-18(10-14)20(25)23(19(17)24)11-16-5-2-8-27-16/h1,3-4,6-7,9-10,16H,2,5,8,11-12H2. The van der Waals surface area contributed by atoms with Crippen molar-refractivity contribution in [1.82, 2.24) is 4.90 Å². The number of hydrogen-bond acceptors (Lipinski definition) is 5. The van der Waals surface area contributed by atoms with Crippen molar-refractivity contribution in [1.29, 1.82) is 0 Å². The van der Waals surface area contributed by atoms with Gasteiger partial charge in [0.15, 0.2) is 0 Å². The van der Waals surface area contributed by atoms with Crippen LogP contribution >= 0.6 is 0 Å². The molecule has 2 heterocycles. The zero-order chi connectivity index (χ0) is 19.7. The van der Waals surface area contributed by atoms with Gasteiger partial charge in [0.1, 0.15) is 12.4 Å². The average Bonchev–Trinajstić information content (AvgIpc) is 3.29. The molecule has 7 heteroatoms. The third-order valence-corrected chi connectivity index (χ3v) is 4.88. The topological polar surface area (TPSA) is 72.9 Å². The molecular formula is C21H18FNO5. The second-order valence-corrected chi connectivity index (χ2v) is 6.82. The molecule has 0 N–H and O–H groups in total. The Morgan fingerprint density at radius 2 is 1.96 bits per heavy atom. The maximum absolute atomic E-state index is 13.2. The van der Waals surface area contributed by atoms with Crippen molar-refractivity contribution in [2.45, 2.75) is 25.6 Å². The molecule has 0 radical (unpaired) electrons. The Balaban J connectivity index is 1.47. The Labute approximate surface area is 160 Å². The first-order valence-corrected chi connectivity index (χ1v) is 9.06. The lowest BCUT2D eigenvalue weighted by Crippen LogP contribution is -2.36. The van der Waals surface area contributed by atoms with Crippen LogP contribution in [-0.4, -0.2) is 41.9 Å². The SMILES string of the molecule is O=C(OCc1cccc(F)c1)c1ccc2c(c1)C(=O)N(CC1CCCO1)C2=O. The van der Waals surface area contributed by atoms with Gasteiger partial charge in [0.05, 0.1) is 29.3 Å². The summed E-state index contributed by atoms with van der Waals surface area (Å²) in [7, 11) is 0. The van der Waals surface area contributed by atoms with E-state index >= 15 is 0 Å². The van der Waals surface area contributed by atoms with Crippen LogP contribution in [0.15, 0.2) is 42.5 Å². The summed E-state index contributed by atoms with van der Waals surface area (Å²) >= 11 is 0. The van der Waals surface area contributed by atoms with Crippen molar-refractivity contribution in [3.8, 4) is 0 Å². The first-order chi connectivity index (χ1) is 13.5. The number of carbonyl (C=O) groups is 3. The molecule has 0 spiro atoms. The van der Waals surface area contributed by atoms with Gasteiger partial charge < -0.3 is 9.47 Å². The lowest BCUT2D eigenvalue weighted by atomic mass is 10.1. The molecule has 1 fully saturated rings. The number of ether oxygens (including phenoxy) is 2. The molecule has 2 aromatic carbocycles. The number of hydrogen-bond donors (Lipinski definition) is 0. The molecule has 6 nitrogen and oxygen atoms in total. The Morgan fingerprint density at radius 3 is 2.71 bits per heavy atom. The highest BCUT2D eigenvalue weighted by molar-refractivity contribution is 6.22. The minimum atomic E-state index is -0.648.